The van der Waals surface area contributed by atoms with Gasteiger partial charge in [0.2, 0.25) is 0 Å². The Bertz CT molecular complexity index is 424. The molecule has 4 nitrogen and oxygen atoms in total. The lowest BCUT2D eigenvalue weighted by Gasteiger charge is -2.21. The van der Waals surface area contributed by atoms with Crippen LogP contribution in [0.25, 0.3) is 0 Å². The monoisotopic (exact) mass is 297 g/mol. The van der Waals surface area contributed by atoms with Crippen molar-refractivity contribution >= 4 is 21.8 Å². The summed E-state index contributed by atoms with van der Waals surface area (Å²) in [6.07, 6.45) is 4.27. The lowest BCUT2D eigenvalue weighted by atomic mass is 10.1. The van der Waals surface area contributed by atoms with E-state index in [0.29, 0.717) is 18.0 Å². The Morgan fingerprint density at radius 3 is 3.00 bits per heavy atom. The average Bonchev–Trinajstić information content (AvgIpc) is 2.69. The molecule has 17 heavy (non-hydrogen) atoms. The molecule has 0 bridgehead atoms. The highest BCUT2D eigenvalue weighted by molar-refractivity contribution is 9.10. The molecule has 92 valence electrons. The van der Waals surface area contributed by atoms with Crippen LogP contribution in [0, 0.1) is 5.92 Å². The summed E-state index contributed by atoms with van der Waals surface area (Å²) in [6, 6.07) is 2.06. The molecule has 1 saturated heterocycles. The molecular weight excluding hydrogens is 282 g/mol. The molecule has 0 spiro atoms. The Kier molecular flexibility index (Phi) is 3.79. The molecule has 2 heterocycles. The van der Waals surface area contributed by atoms with Crippen LogP contribution in [0.1, 0.15) is 23.7 Å². The molecule has 0 radical (unpaired) electrons. The van der Waals surface area contributed by atoms with Crippen molar-refractivity contribution in [2.45, 2.75) is 19.4 Å². The summed E-state index contributed by atoms with van der Waals surface area (Å²) < 4.78 is 0.825. The first-order chi connectivity index (χ1) is 8.11. The standard InChI is InChI=1S/C12H16BrN3O/c1-8-2-9(4-14)7-16(8)12(17)10-3-11(13)6-15-5-10/h3,5-6,8-9H,2,4,7,14H2,1H3. The van der Waals surface area contributed by atoms with E-state index in [2.05, 4.69) is 27.8 Å². The van der Waals surface area contributed by atoms with Gasteiger partial charge in [0.05, 0.1) is 5.56 Å². The molecule has 1 aromatic rings. The van der Waals surface area contributed by atoms with Gasteiger partial charge in [0.15, 0.2) is 0 Å². The fraction of sp³-hybridized carbons (Fsp3) is 0.500. The van der Waals surface area contributed by atoms with E-state index >= 15 is 0 Å². The Labute approximate surface area is 109 Å². The third-order valence-corrected chi connectivity index (χ3v) is 3.64. The van der Waals surface area contributed by atoms with Crippen LogP contribution in [0.5, 0.6) is 0 Å². The van der Waals surface area contributed by atoms with Crippen molar-refractivity contribution in [1.82, 2.24) is 9.88 Å². The number of carbonyl (C=O) groups excluding carboxylic acids is 1. The van der Waals surface area contributed by atoms with Crippen molar-refractivity contribution in [2.75, 3.05) is 13.1 Å². The quantitative estimate of drug-likeness (QED) is 0.903. The van der Waals surface area contributed by atoms with Crippen molar-refractivity contribution in [1.29, 1.82) is 0 Å². The van der Waals surface area contributed by atoms with Crippen LogP contribution >= 0.6 is 15.9 Å². The van der Waals surface area contributed by atoms with E-state index in [1.807, 2.05) is 4.90 Å². The van der Waals surface area contributed by atoms with E-state index in [4.69, 9.17) is 5.73 Å². The van der Waals surface area contributed by atoms with Crippen molar-refractivity contribution in [2.24, 2.45) is 11.7 Å². The van der Waals surface area contributed by atoms with E-state index in [1.165, 1.54) is 0 Å². The van der Waals surface area contributed by atoms with Gasteiger partial charge in [-0.25, -0.2) is 0 Å². The number of halogens is 1. The van der Waals surface area contributed by atoms with Gasteiger partial charge in [-0.3, -0.25) is 9.78 Å². The van der Waals surface area contributed by atoms with Crippen LogP contribution in [0.3, 0.4) is 0 Å². The number of hydrogen-bond acceptors (Lipinski definition) is 3. The van der Waals surface area contributed by atoms with Gasteiger partial charge >= 0.3 is 0 Å². The normalized spacial score (nSPS) is 24.1. The van der Waals surface area contributed by atoms with Crippen LogP contribution in [-0.2, 0) is 0 Å². The van der Waals surface area contributed by atoms with E-state index in [-0.39, 0.29) is 11.9 Å². The third kappa shape index (κ3) is 2.66. The van der Waals surface area contributed by atoms with E-state index < -0.39 is 0 Å². The van der Waals surface area contributed by atoms with Crippen LogP contribution in [0.2, 0.25) is 0 Å². The summed E-state index contributed by atoms with van der Waals surface area (Å²) in [5.74, 6) is 0.469. The summed E-state index contributed by atoms with van der Waals surface area (Å²) in [6.45, 7) is 3.47. The van der Waals surface area contributed by atoms with E-state index in [0.717, 1.165) is 17.4 Å². The Hall–Kier alpha value is -0.940. The highest BCUT2D eigenvalue weighted by atomic mass is 79.9. The van der Waals surface area contributed by atoms with Gasteiger partial charge in [-0.05, 0) is 47.8 Å². The van der Waals surface area contributed by atoms with Gasteiger partial charge in [0.1, 0.15) is 0 Å². The van der Waals surface area contributed by atoms with Gasteiger partial charge in [-0.2, -0.15) is 0 Å². The molecule has 1 aromatic heterocycles. The SMILES string of the molecule is CC1CC(CN)CN1C(=O)c1cncc(Br)c1. The number of nitrogens with zero attached hydrogens (tertiary/aromatic N) is 2. The molecule has 0 aliphatic carbocycles. The number of rotatable bonds is 2. The molecule has 1 fully saturated rings. The van der Waals surface area contributed by atoms with Crippen LogP contribution in [0.15, 0.2) is 22.9 Å². The predicted octanol–water partition coefficient (Wildman–Crippen LogP) is 1.65. The first-order valence-electron chi connectivity index (χ1n) is 5.73. The summed E-state index contributed by atoms with van der Waals surface area (Å²) in [4.78, 5) is 18.2. The summed E-state index contributed by atoms with van der Waals surface area (Å²) in [7, 11) is 0. The molecular formula is C12H16BrN3O. The predicted molar refractivity (Wildman–Crippen MR) is 69.6 cm³/mol. The minimum Gasteiger partial charge on any atom is -0.336 e. The molecule has 0 aromatic carbocycles. The van der Waals surface area contributed by atoms with Gasteiger partial charge in [0.25, 0.3) is 5.91 Å². The first kappa shape index (κ1) is 12.5. The fourth-order valence-electron chi connectivity index (χ4n) is 2.29. The number of aromatic nitrogens is 1. The summed E-state index contributed by atoms with van der Waals surface area (Å²) in [5, 5.41) is 0. The maximum atomic E-state index is 12.3. The number of pyridine rings is 1. The number of likely N-dealkylation sites (tertiary alicyclic amines) is 1. The van der Waals surface area contributed by atoms with Crippen molar-refractivity contribution in [3.63, 3.8) is 0 Å². The maximum absolute atomic E-state index is 12.3. The molecule has 2 unspecified atom stereocenters. The molecule has 1 aliphatic rings. The van der Waals surface area contributed by atoms with Crippen LogP contribution in [-0.4, -0.2) is 34.9 Å². The summed E-state index contributed by atoms with van der Waals surface area (Å²) in [5.41, 5.74) is 6.29. The van der Waals surface area contributed by atoms with Crippen LogP contribution in [0.4, 0.5) is 0 Å². The Balaban J connectivity index is 2.15. The minimum atomic E-state index is 0.0438. The smallest absolute Gasteiger partial charge is 0.255 e. The highest BCUT2D eigenvalue weighted by Crippen LogP contribution is 2.24. The molecule has 0 saturated carbocycles. The molecule has 2 rings (SSSR count). The second-order valence-electron chi connectivity index (χ2n) is 4.54. The second-order valence-corrected chi connectivity index (χ2v) is 5.45. The van der Waals surface area contributed by atoms with Crippen LogP contribution < -0.4 is 5.73 Å². The van der Waals surface area contributed by atoms with Crippen molar-refractivity contribution < 1.29 is 4.79 Å². The zero-order chi connectivity index (χ0) is 12.4. The first-order valence-corrected chi connectivity index (χ1v) is 6.52. The van der Waals surface area contributed by atoms with Crippen molar-refractivity contribution in [3.8, 4) is 0 Å². The third-order valence-electron chi connectivity index (χ3n) is 3.21. The van der Waals surface area contributed by atoms with E-state index in [1.54, 1.807) is 18.5 Å². The Morgan fingerprint density at radius 2 is 2.41 bits per heavy atom. The molecule has 1 aliphatic heterocycles. The largest absolute Gasteiger partial charge is 0.336 e. The lowest BCUT2D eigenvalue weighted by molar-refractivity contribution is 0.0743. The maximum Gasteiger partial charge on any atom is 0.255 e. The van der Waals surface area contributed by atoms with Gasteiger partial charge in [-0.15, -0.1) is 0 Å². The minimum absolute atomic E-state index is 0.0438. The topological polar surface area (TPSA) is 59.2 Å². The lowest BCUT2D eigenvalue weighted by Crippen LogP contribution is -2.34. The van der Waals surface area contributed by atoms with Gasteiger partial charge in [0, 0.05) is 29.5 Å². The number of amides is 1. The second kappa shape index (κ2) is 5.14. The molecule has 5 heteroatoms. The molecule has 2 N–H and O–H groups in total. The fourth-order valence-corrected chi connectivity index (χ4v) is 2.66. The number of hydrogen-bond donors (Lipinski definition) is 1. The van der Waals surface area contributed by atoms with Gasteiger partial charge in [-0.1, -0.05) is 0 Å². The molecule has 2 atom stereocenters. The van der Waals surface area contributed by atoms with Gasteiger partial charge < -0.3 is 10.6 Å². The molecule has 1 amide bonds. The van der Waals surface area contributed by atoms with Crippen molar-refractivity contribution in [3.05, 3.63) is 28.5 Å². The Morgan fingerprint density at radius 1 is 1.65 bits per heavy atom. The number of carbonyl (C=O) groups is 1. The average molecular weight is 298 g/mol. The highest BCUT2D eigenvalue weighted by Gasteiger charge is 2.32. The number of nitrogens with two attached hydrogens (primary N) is 1. The van der Waals surface area contributed by atoms with E-state index in [9.17, 15) is 4.79 Å². The summed E-state index contributed by atoms with van der Waals surface area (Å²) >= 11 is 3.33. The zero-order valence-electron chi connectivity index (χ0n) is 9.77. The zero-order valence-corrected chi connectivity index (χ0v) is 11.4.